The van der Waals surface area contributed by atoms with Gasteiger partial charge >= 0.3 is 0 Å². The number of rotatable bonds is 4. The zero-order valence-corrected chi connectivity index (χ0v) is 5.64. The molecule has 0 unspecified atom stereocenters. The maximum Gasteiger partial charge on any atom is 0.0874 e. The first-order valence-electron chi connectivity index (χ1n) is 2.57. The van der Waals surface area contributed by atoms with Crippen LogP contribution in [0.2, 0.25) is 0 Å². The van der Waals surface area contributed by atoms with Crippen molar-refractivity contribution in [1.29, 1.82) is 5.53 Å². The molecule has 0 amide bonds. The molecule has 0 fully saturated rings. The highest BCUT2D eigenvalue weighted by molar-refractivity contribution is 4.96. The molecular formula is C5H11N3O. The van der Waals surface area contributed by atoms with E-state index in [0.29, 0.717) is 6.61 Å². The van der Waals surface area contributed by atoms with Crippen LogP contribution in [0.3, 0.4) is 0 Å². The molecule has 4 heteroatoms. The highest BCUT2D eigenvalue weighted by Crippen LogP contribution is 1.87. The van der Waals surface area contributed by atoms with Gasteiger partial charge in [0, 0.05) is 14.2 Å². The lowest BCUT2D eigenvalue weighted by atomic mass is 10.5. The Labute approximate surface area is 54.4 Å². The smallest absolute Gasteiger partial charge is 0.0874 e. The summed E-state index contributed by atoms with van der Waals surface area (Å²) < 4.78 is 4.77. The Hall–Kier alpha value is -0.900. The normalized spacial score (nSPS) is 11.1. The van der Waals surface area contributed by atoms with Gasteiger partial charge in [-0.25, -0.2) is 5.53 Å². The lowest BCUT2D eigenvalue weighted by Gasteiger charge is -2.01. The molecule has 0 heterocycles. The van der Waals surface area contributed by atoms with Crippen molar-refractivity contribution < 1.29 is 4.74 Å². The lowest BCUT2D eigenvalue weighted by Crippen LogP contribution is -2.10. The first-order valence-corrected chi connectivity index (χ1v) is 2.57. The maximum atomic E-state index is 6.47. The molecule has 0 saturated carbocycles. The van der Waals surface area contributed by atoms with Crippen LogP contribution in [0.15, 0.2) is 17.0 Å². The molecule has 52 valence electrons. The molecule has 0 aromatic carbocycles. The Morgan fingerprint density at radius 2 is 2.56 bits per heavy atom. The standard InChI is InChI=1S/C5H11N3O/c1-7-5(3-8-6)4-9-2/h3,6-7H,4H2,1-2H3/b5-3-,8-6?. The van der Waals surface area contributed by atoms with Gasteiger partial charge in [0.15, 0.2) is 0 Å². The molecule has 0 saturated heterocycles. The summed E-state index contributed by atoms with van der Waals surface area (Å²) in [5, 5.41) is 5.90. The van der Waals surface area contributed by atoms with Crippen LogP contribution >= 0.6 is 0 Å². The first-order chi connectivity index (χ1) is 4.35. The van der Waals surface area contributed by atoms with E-state index >= 15 is 0 Å². The first kappa shape index (κ1) is 8.10. The molecule has 2 N–H and O–H groups in total. The van der Waals surface area contributed by atoms with E-state index in [4.69, 9.17) is 10.3 Å². The number of ether oxygens (including phenoxy) is 1. The third kappa shape index (κ3) is 3.66. The summed E-state index contributed by atoms with van der Waals surface area (Å²) in [4.78, 5) is 0. The van der Waals surface area contributed by atoms with Gasteiger partial charge in [0.25, 0.3) is 0 Å². The van der Waals surface area contributed by atoms with Crippen LogP contribution in [0.5, 0.6) is 0 Å². The highest BCUT2D eigenvalue weighted by Gasteiger charge is 1.88. The van der Waals surface area contributed by atoms with E-state index in [-0.39, 0.29) is 0 Å². The Balaban J connectivity index is 3.66. The zero-order valence-electron chi connectivity index (χ0n) is 5.64. The molecule has 0 atom stereocenters. The molecular weight excluding hydrogens is 118 g/mol. The number of likely N-dealkylation sites (N-methyl/N-ethyl adjacent to an activating group) is 1. The minimum atomic E-state index is 0.471. The molecule has 0 rings (SSSR count). The van der Waals surface area contributed by atoms with Gasteiger partial charge in [0.1, 0.15) is 0 Å². The number of nitrogens with one attached hydrogen (secondary N) is 2. The van der Waals surface area contributed by atoms with E-state index in [1.54, 1.807) is 14.2 Å². The van der Waals surface area contributed by atoms with Gasteiger partial charge in [-0.3, -0.25) is 0 Å². The molecule has 0 aliphatic heterocycles. The van der Waals surface area contributed by atoms with Crippen LogP contribution in [-0.2, 0) is 4.74 Å². The largest absolute Gasteiger partial charge is 0.388 e. The monoisotopic (exact) mass is 129 g/mol. The van der Waals surface area contributed by atoms with Gasteiger partial charge in [0.05, 0.1) is 18.5 Å². The molecule has 0 aromatic heterocycles. The van der Waals surface area contributed by atoms with Gasteiger partial charge in [-0.1, -0.05) is 0 Å². The van der Waals surface area contributed by atoms with Crippen LogP contribution in [0.25, 0.3) is 0 Å². The van der Waals surface area contributed by atoms with Crippen molar-refractivity contribution in [1.82, 2.24) is 5.32 Å². The van der Waals surface area contributed by atoms with Gasteiger partial charge in [0.2, 0.25) is 0 Å². The number of hydrogen-bond acceptors (Lipinski definition) is 4. The topological polar surface area (TPSA) is 57.5 Å². The van der Waals surface area contributed by atoms with Crippen LogP contribution in [0.1, 0.15) is 0 Å². The van der Waals surface area contributed by atoms with E-state index in [0.717, 1.165) is 5.70 Å². The van der Waals surface area contributed by atoms with Crippen LogP contribution in [0, 0.1) is 5.53 Å². The van der Waals surface area contributed by atoms with Crippen molar-refractivity contribution >= 4 is 0 Å². The zero-order chi connectivity index (χ0) is 7.11. The summed E-state index contributed by atoms with van der Waals surface area (Å²) in [7, 11) is 3.35. The summed E-state index contributed by atoms with van der Waals surface area (Å²) in [5.74, 6) is 0. The second-order valence-electron chi connectivity index (χ2n) is 1.47. The van der Waals surface area contributed by atoms with E-state index in [9.17, 15) is 0 Å². The van der Waals surface area contributed by atoms with Crippen molar-refractivity contribution in [3.8, 4) is 0 Å². The molecule has 0 aromatic rings. The van der Waals surface area contributed by atoms with E-state index < -0.39 is 0 Å². The minimum Gasteiger partial charge on any atom is -0.388 e. The van der Waals surface area contributed by atoms with Gasteiger partial charge in [-0.2, -0.15) is 5.11 Å². The molecule has 0 aliphatic carbocycles. The van der Waals surface area contributed by atoms with E-state index in [2.05, 4.69) is 10.4 Å². The average Bonchev–Trinajstić information content (AvgIpc) is 1.88. The van der Waals surface area contributed by atoms with Crippen LogP contribution < -0.4 is 5.32 Å². The summed E-state index contributed by atoms with van der Waals surface area (Å²) in [6, 6.07) is 0. The number of hydrogen-bond donors (Lipinski definition) is 2. The van der Waals surface area contributed by atoms with Crippen molar-refractivity contribution in [2.45, 2.75) is 0 Å². The summed E-state index contributed by atoms with van der Waals surface area (Å²) in [6.07, 6.45) is 1.41. The maximum absolute atomic E-state index is 6.47. The minimum absolute atomic E-state index is 0.471. The fourth-order valence-corrected chi connectivity index (χ4v) is 0.407. The molecule has 0 aliphatic rings. The SMILES string of the molecule is CN/C(=C\N=N)COC. The average molecular weight is 129 g/mol. The van der Waals surface area contributed by atoms with Crippen molar-refractivity contribution in [2.24, 2.45) is 5.11 Å². The van der Waals surface area contributed by atoms with E-state index in [1.165, 1.54) is 6.20 Å². The summed E-state index contributed by atoms with van der Waals surface area (Å²) >= 11 is 0. The third-order valence-corrected chi connectivity index (χ3v) is 0.841. The van der Waals surface area contributed by atoms with Gasteiger partial charge in [-0.05, 0) is 0 Å². The Kier molecular flexibility index (Phi) is 4.72. The summed E-state index contributed by atoms with van der Waals surface area (Å²) in [5.41, 5.74) is 7.27. The summed E-state index contributed by atoms with van der Waals surface area (Å²) in [6.45, 7) is 0.471. The second kappa shape index (κ2) is 5.24. The van der Waals surface area contributed by atoms with Crippen molar-refractivity contribution in [3.05, 3.63) is 11.9 Å². The predicted octanol–water partition coefficient (Wildman–Crippen LogP) is 0.725. The fraction of sp³-hybridized carbons (Fsp3) is 0.600. The predicted molar refractivity (Wildman–Crippen MR) is 34.2 cm³/mol. The van der Waals surface area contributed by atoms with Crippen molar-refractivity contribution in [2.75, 3.05) is 20.8 Å². The number of nitrogens with zero attached hydrogens (tertiary/aromatic N) is 1. The Morgan fingerprint density at radius 3 is 2.89 bits per heavy atom. The number of methoxy groups -OCH3 is 1. The van der Waals surface area contributed by atoms with Crippen molar-refractivity contribution in [3.63, 3.8) is 0 Å². The molecule has 0 bridgehead atoms. The Bertz CT molecular complexity index is 111. The van der Waals surface area contributed by atoms with E-state index in [1.807, 2.05) is 0 Å². The lowest BCUT2D eigenvalue weighted by molar-refractivity contribution is 0.221. The molecule has 0 radical (unpaired) electrons. The second-order valence-corrected chi connectivity index (χ2v) is 1.47. The fourth-order valence-electron chi connectivity index (χ4n) is 0.407. The third-order valence-electron chi connectivity index (χ3n) is 0.841. The van der Waals surface area contributed by atoms with Gasteiger partial charge in [-0.15, -0.1) is 0 Å². The molecule has 0 spiro atoms. The Morgan fingerprint density at radius 1 is 1.89 bits per heavy atom. The quantitative estimate of drug-likeness (QED) is 0.549. The molecule has 9 heavy (non-hydrogen) atoms. The highest BCUT2D eigenvalue weighted by atomic mass is 16.5. The molecule has 4 nitrogen and oxygen atoms in total. The van der Waals surface area contributed by atoms with Gasteiger partial charge < -0.3 is 10.1 Å². The van der Waals surface area contributed by atoms with Crippen LogP contribution in [-0.4, -0.2) is 20.8 Å². The van der Waals surface area contributed by atoms with Crippen LogP contribution in [0.4, 0.5) is 0 Å².